The predicted octanol–water partition coefficient (Wildman–Crippen LogP) is 1.59. The van der Waals surface area contributed by atoms with Gasteiger partial charge in [0.25, 0.3) is 0 Å². The van der Waals surface area contributed by atoms with Gasteiger partial charge in [-0.1, -0.05) is 12.1 Å². The summed E-state index contributed by atoms with van der Waals surface area (Å²) in [6.45, 7) is 2.68. The maximum Gasteiger partial charge on any atom is 0.317 e. The molecule has 1 aromatic carbocycles. The summed E-state index contributed by atoms with van der Waals surface area (Å²) < 4.78 is 0. The van der Waals surface area contributed by atoms with Gasteiger partial charge in [0.1, 0.15) is 0 Å². The summed E-state index contributed by atoms with van der Waals surface area (Å²) in [4.78, 5) is 27.8. The van der Waals surface area contributed by atoms with Crippen molar-refractivity contribution in [2.24, 2.45) is 0 Å². The van der Waals surface area contributed by atoms with Crippen LogP contribution in [0.4, 0.5) is 4.79 Å². The third kappa shape index (κ3) is 3.57. The second-order valence-corrected chi connectivity index (χ2v) is 6.08. The van der Waals surface area contributed by atoms with Crippen molar-refractivity contribution in [2.75, 3.05) is 26.2 Å². The molecule has 1 N–H and O–H groups in total. The van der Waals surface area contributed by atoms with Crippen LogP contribution < -0.4 is 5.32 Å². The average molecular weight is 324 g/mol. The van der Waals surface area contributed by atoms with E-state index < -0.39 is 0 Å². The molecule has 0 saturated carbocycles. The van der Waals surface area contributed by atoms with Crippen molar-refractivity contribution >= 4 is 18.0 Å². The quantitative estimate of drug-likeness (QED) is 0.858. The number of piperidine rings is 1. The van der Waals surface area contributed by atoms with E-state index in [9.17, 15) is 9.59 Å². The average Bonchev–Trinajstić information content (AvgIpc) is 3.06. The molecule has 1 unspecified atom stereocenters. The largest absolute Gasteiger partial charge is 0.337 e. The lowest BCUT2D eigenvalue weighted by Gasteiger charge is -2.36. The molecule has 3 amide bonds. The molecule has 1 aromatic rings. The number of hydrogen-bond acceptors (Lipinski definition) is 3. The number of carbonyl (C=O) groups excluding carboxylic acids is 2. The monoisotopic (exact) mass is 324 g/mol. The third-order valence-electron chi connectivity index (χ3n) is 4.47. The highest BCUT2D eigenvalue weighted by molar-refractivity contribution is 5.92. The van der Waals surface area contributed by atoms with E-state index in [2.05, 4.69) is 11.4 Å². The normalized spacial score (nSPS) is 21.0. The predicted molar refractivity (Wildman–Crippen MR) is 89.9 cm³/mol. The van der Waals surface area contributed by atoms with E-state index in [1.807, 2.05) is 11.0 Å². The molecule has 6 nitrogen and oxygen atoms in total. The minimum absolute atomic E-state index is 0.0295. The van der Waals surface area contributed by atoms with Crippen LogP contribution in [0.25, 0.3) is 6.08 Å². The van der Waals surface area contributed by atoms with Gasteiger partial charge in [-0.2, -0.15) is 5.26 Å². The molecular weight excluding hydrogens is 304 g/mol. The highest BCUT2D eigenvalue weighted by Gasteiger charge is 2.32. The fourth-order valence-corrected chi connectivity index (χ4v) is 3.23. The fourth-order valence-electron chi connectivity index (χ4n) is 3.23. The maximum absolute atomic E-state index is 12.4. The van der Waals surface area contributed by atoms with E-state index in [4.69, 9.17) is 5.26 Å². The number of rotatable bonds is 3. The number of nitrogens with zero attached hydrogens (tertiary/aromatic N) is 3. The molecule has 0 radical (unpaired) electrons. The van der Waals surface area contributed by atoms with Crippen LogP contribution >= 0.6 is 0 Å². The Bertz CT molecular complexity index is 707. The lowest BCUT2D eigenvalue weighted by Crippen LogP contribution is -2.50. The first-order valence-corrected chi connectivity index (χ1v) is 8.19. The topological polar surface area (TPSA) is 76.4 Å². The number of carbonyl (C=O) groups is 2. The molecule has 2 heterocycles. The zero-order valence-corrected chi connectivity index (χ0v) is 13.4. The first-order valence-electron chi connectivity index (χ1n) is 8.19. The molecule has 2 aliphatic rings. The van der Waals surface area contributed by atoms with Crippen LogP contribution in [0.1, 0.15) is 24.0 Å². The van der Waals surface area contributed by atoms with E-state index in [1.165, 1.54) is 0 Å². The molecule has 2 fully saturated rings. The third-order valence-corrected chi connectivity index (χ3v) is 4.47. The molecule has 24 heavy (non-hydrogen) atoms. The highest BCUT2D eigenvalue weighted by atomic mass is 16.2. The Morgan fingerprint density at radius 1 is 1.38 bits per heavy atom. The first kappa shape index (κ1) is 16.1. The molecule has 124 valence electrons. The second kappa shape index (κ2) is 7.18. The molecule has 3 rings (SSSR count). The maximum atomic E-state index is 12.4. The summed E-state index contributed by atoms with van der Waals surface area (Å²) in [5, 5.41) is 11.7. The van der Waals surface area contributed by atoms with Crippen molar-refractivity contribution in [3.05, 3.63) is 41.5 Å². The zero-order valence-electron chi connectivity index (χ0n) is 13.4. The van der Waals surface area contributed by atoms with Crippen molar-refractivity contribution in [3.63, 3.8) is 0 Å². The van der Waals surface area contributed by atoms with Gasteiger partial charge in [0.2, 0.25) is 5.91 Å². The number of nitriles is 1. The lowest BCUT2D eigenvalue weighted by molar-refractivity contribution is -0.127. The molecule has 1 atom stereocenters. The summed E-state index contributed by atoms with van der Waals surface area (Å²) in [6, 6.07) is 9.29. The number of likely N-dealkylation sites (tertiary alicyclic amines) is 1. The van der Waals surface area contributed by atoms with Gasteiger partial charge in [-0.25, -0.2) is 4.79 Å². The van der Waals surface area contributed by atoms with Gasteiger partial charge in [-0.3, -0.25) is 4.79 Å². The van der Waals surface area contributed by atoms with Gasteiger partial charge in [-0.05, 0) is 36.6 Å². The summed E-state index contributed by atoms with van der Waals surface area (Å²) >= 11 is 0. The smallest absolute Gasteiger partial charge is 0.317 e. The number of hydrogen-bond donors (Lipinski definition) is 1. The van der Waals surface area contributed by atoms with E-state index in [0.717, 1.165) is 18.4 Å². The Balaban J connectivity index is 1.63. The van der Waals surface area contributed by atoms with Gasteiger partial charge in [-0.15, -0.1) is 0 Å². The van der Waals surface area contributed by atoms with Crippen molar-refractivity contribution in [3.8, 4) is 6.07 Å². The molecule has 2 saturated heterocycles. The number of benzene rings is 1. The van der Waals surface area contributed by atoms with Crippen LogP contribution in [-0.4, -0.2) is 54.0 Å². The van der Waals surface area contributed by atoms with Crippen LogP contribution in [0.2, 0.25) is 0 Å². The lowest BCUT2D eigenvalue weighted by atomic mass is 10.0. The van der Waals surface area contributed by atoms with Crippen LogP contribution in [0, 0.1) is 11.3 Å². The highest BCUT2D eigenvalue weighted by Crippen LogP contribution is 2.18. The minimum Gasteiger partial charge on any atom is -0.337 e. The molecule has 0 spiro atoms. The number of urea groups is 1. The Labute approximate surface area is 141 Å². The van der Waals surface area contributed by atoms with Crippen molar-refractivity contribution in [1.29, 1.82) is 5.26 Å². The zero-order chi connectivity index (χ0) is 16.9. The standard InChI is InChI=1S/C18H20N4O2/c19-12-15-4-1-3-14(11-15)6-7-17(23)21-9-2-5-16(13-21)22-10-8-20-18(22)24/h1,3-4,6-7,11,16H,2,5,8-10,13H2,(H,20,24)/b7-6+. The Morgan fingerprint density at radius 3 is 3.00 bits per heavy atom. The van der Waals surface area contributed by atoms with E-state index in [-0.39, 0.29) is 18.0 Å². The molecule has 0 aliphatic carbocycles. The van der Waals surface area contributed by atoms with Crippen molar-refractivity contribution in [1.82, 2.24) is 15.1 Å². The van der Waals surface area contributed by atoms with Crippen LogP contribution in [0.15, 0.2) is 30.3 Å². The second-order valence-electron chi connectivity index (χ2n) is 6.08. The van der Waals surface area contributed by atoms with E-state index in [0.29, 0.717) is 31.7 Å². The van der Waals surface area contributed by atoms with Gasteiger partial charge < -0.3 is 15.1 Å². The fraction of sp³-hybridized carbons (Fsp3) is 0.389. The van der Waals surface area contributed by atoms with Crippen LogP contribution in [0.5, 0.6) is 0 Å². The van der Waals surface area contributed by atoms with E-state index >= 15 is 0 Å². The Morgan fingerprint density at radius 2 is 2.25 bits per heavy atom. The van der Waals surface area contributed by atoms with Crippen molar-refractivity contribution < 1.29 is 9.59 Å². The number of amides is 3. The van der Waals surface area contributed by atoms with Gasteiger partial charge >= 0.3 is 6.03 Å². The Kier molecular flexibility index (Phi) is 4.80. The minimum atomic E-state index is -0.0540. The van der Waals surface area contributed by atoms with Crippen LogP contribution in [-0.2, 0) is 4.79 Å². The molecule has 6 heteroatoms. The van der Waals surface area contributed by atoms with Crippen molar-refractivity contribution in [2.45, 2.75) is 18.9 Å². The molecule has 2 aliphatic heterocycles. The molecular formula is C18H20N4O2. The molecule has 0 aromatic heterocycles. The number of nitrogens with one attached hydrogen (secondary N) is 1. The summed E-state index contributed by atoms with van der Waals surface area (Å²) in [7, 11) is 0. The summed E-state index contributed by atoms with van der Waals surface area (Å²) in [6.07, 6.45) is 5.11. The first-order chi connectivity index (χ1) is 11.7. The summed E-state index contributed by atoms with van der Waals surface area (Å²) in [5.41, 5.74) is 1.40. The molecule has 0 bridgehead atoms. The van der Waals surface area contributed by atoms with Gasteiger partial charge in [0.15, 0.2) is 0 Å². The van der Waals surface area contributed by atoms with Gasteiger partial charge in [0, 0.05) is 32.3 Å². The Hall–Kier alpha value is -2.81. The van der Waals surface area contributed by atoms with E-state index in [1.54, 1.807) is 35.3 Å². The van der Waals surface area contributed by atoms with Gasteiger partial charge in [0.05, 0.1) is 17.7 Å². The summed E-state index contributed by atoms with van der Waals surface area (Å²) in [5.74, 6) is -0.0540. The SMILES string of the molecule is N#Cc1cccc(/C=C/C(=O)N2CCCC(N3CCNC3=O)C2)c1. The van der Waals surface area contributed by atoms with Crippen LogP contribution in [0.3, 0.4) is 0 Å².